The van der Waals surface area contributed by atoms with E-state index >= 15 is 0 Å². The van der Waals surface area contributed by atoms with E-state index < -0.39 is 0 Å². The molecule has 0 saturated carbocycles. The number of aliphatic hydroxyl groups is 1. The third-order valence-electron chi connectivity index (χ3n) is 2.01. The van der Waals surface area contributed by atoms with Crippen molar-refractivity contribution in [3.8, 4) is 0 Å². The number of carbonyl (C=O) groups excluding carboxylic acids is 1. The van der Waals surface area contributed by atoms with Crippen molar-refractivity contribution in [2.75, 3.05) is 20.8 Å². The summed E-state index contributed by atoms with van der Waals surface area (Å²) >= 11 is 0. The summed E-state index contributed by atoms with van der Waals surface area (Å²) in [5, 5.41) is 9.97. The van der Waals surface area contributed by atoms with E-state index in [1.165, 1.54) is 12.2 Å². The lowest BCUT2D eigenvalue weighted by molar-refractivity contribution is -0.167. The van der Waals surface area contributed by atoms with Crippen LogP contribution in [0.1, 0.15) is 20.3 Å². The van der Waals surface area contributed by atoms with Crippen molar-refractivity contribution >= 4 is 5.91 Å². The lowest BCUT2D eigenvalue weighted by atomic mass is 10.1. The van der Waals surface area contributed by atoms with Crippen LogP contribution in [-0.2, 0) is 9.63 Å². The second kappa shape index (κ2) is 5.72. The summed E-state index contributed by atoms with van der Waals surface area (Å²) in [6.45, 7) is 3.62. The quantitative estimate of drug-likeness (QED) is 0.521. The van der Waals surface area contributed by atoms with Crippen LogP contribution in [0.4, 0.5) is 0 Å². The first-order valence-electron chi connectivity index (χ1n) is 4.09. The van der Waals surface area contributed by atoms with Crippen molar-refractivity contribution in [1.29, 1.82) is 0 Å². The minimum atomic E-state index is -0.118. The zero-order valence-electron chi connectivity index (χ0n) is 8.63. The van der Waals surface area contributed by atoms with Gasteiger partial charge in [-0.3, -0.25) is 9.63 Å². The zero-order chi connectivity index (χ0) is 10.4. The van der Waals surface area contributed by atoms with Crippen LogP contribution in [0.5, 0.6) is 0 Å². The molecule has 0 atom stereocenters. The summed E-state index contributed by atoms with van der Waals surface area (Å²) in [7, 11) is 3.00. The molecular weight excluding hydrogens is 170 g/mol. The summed E-state index contributed by atoms with van der Waals surface area (Å²) in [5.41, 5.74) is 1.72. The van der Waals surface area contributed by atoms with Gasteiger partial charge in [0.2, 0.25) is 5.91 Å². The Bertz CT molecular complexity index is 211. The molecule has 0 spiro atoms. The van der Waals surface area contributed by atoms with Crippen LogP contribution in [0, 0.1) is 0 Å². The van der Waals surface area contributed by atoms with Gasteiger partial charge in [-0.15, -0.1) is 0 Å². The highest BCUT2D eigenvalue weighted by molar-refractivity contribution is 5.77. The number of hydroxylamine groups is 2. The molecule has 0 aromatic rings. The number of carbonyl (C=O) groups is 1. The topological polar surface area (TPSA) is 49.8 Å². The molecule has 76 valence electrons. The van der Waals surface area contributed by atoms with Gasteiger partial charge in [-0.25, -0.2) is 5.06 Å². The van der Waals surface area contributed by atoms with E-state index in [0.29, 0.717) is 0 Å². The summed E-state index contributed by atoms with van der Waals surface area (Å²) in [6.07, 6.45) is 0.288. The fourth-order valence-corrected chi connectivity index (χ4v) is 0.726. The van der Waals surface area contributed by atoms with Crippen LogP contribution < -0.4 is 0 Å². The fraction of sp³-hybridized carbons (Fsp3) is 0.667. The average molecular weight is 187 g/mol. The number of hydrogen-bond donors (Lipinski definition) is 1. The molecule has 4 nitrogen and oxygen atoms in total. The average Bonchev–Trinajstić information content (AvgIpc) is 2.14. The molecule has 0 aromatic carbocycles. The number of nitrogens with zero attached hydrogens (tertiary/aromatic N) is 1. The van der Waals surface area contributed by atoms with Crippen LogP contribution in [0.3, 0.4) is 0 Å². The largest absolute Gasteiger partial charge is 0.392 e. The van der Waals surface area contributed by atoms with E-state index in [4.69, 9.17) is 9.94 Å². The van der Waals surface area contributed by atoms with Gasteiger partial charge in [0.15, 0.2) is 0 Å². The lowest BCUT2D eigenvalue weighted by Crippen LogP contribution is -2.25. The number of aliphatic hydroxyl groups excluding tert-OH is 1. The summed E-state index contributed by atoms with van der Waals surface area (Å²) in [6, 6.07) is 0. The lowest BCUT2D eigenvalue weighted by Gasteiger charge is -2.14. The predicted octanol–water partition coefficient (Wildman–Crippen LogP) is 0.725. The zero-order valence-corrected chi connectivity index (χ0v) is 8.63. The van der Waals surface area contributed by atoms with Gasteiger partial charge >= 0.3 is 0 Å². The first kappa shape index (κ1) is 12.1. The molecule has 0 unspecified atom stereocenters. The number of amides is 1. The van der Waals surface area contributed by atoms with Gasteiger partial charge in [-0.1, -0.05) is 5.57 Å². The van der Waals surface area contributed by atoms with Crippen molar-refractivity contribution < 1.29 is 14.7 Å². The van der Waals surface area contributed by atoms with Gasteiger partial charge in [-0.2, -0.15) is 0 Å². The molecule has 0 aromatic heterocycles. The van der Waals surface area contributed by atoms with Crippen molar-refractivity contribution in [2.24, 2.45) is 0 Å². The Morgan fingerprint density at radius 3 is 2.31 bits per heavy atom. The standard InChI is InChI=1S/C9H17NO3/c1-7(8(2)6-11)5-9(12)10(3)13-4/h11H,5-6H2,1-4H3/b8-7-. The van der Waals surface area contributed by atoms with Gasteiger partial charge < -0.3 is 5.11 Å². The monoisotopic (exact) mass is 187 g/mol. The van der Waals surface area contributed by atoms with E-state index in [1.54, 1.807) is 14.0 Å². The second-order valence-electron chi connectivity index (χ2n) is 2.97. The van der Waals surface area contributed by atoms with E-state index in [1.807, 2.05) is 6.92 Å². The van der Waals surface area contributed by atoms with Crippen LogP contribution >= 0.6 is 0 Å². The molecule has 0 aliphatic carbocycles. The first-order chi connectivity index (χ1) is 6.02. The Kier molecular flexibility index (Phi) is 5.34. The van der Waals surface area contributed by atoms with E-state index in [9.17, 15) is 4.79 Å². The highest BCUT2D eigenvalue weighted by atomic mass is 16.7. The predicted molar refractivity (Wildman–Crippen MR) is 49.9 cm³/mol. The molecule has 0 bridgehead atoms. The Labute approximate surface area is 78.8 Å². The maximum absolute atomic E-state index is 11.3. The normalized spacial score (nSPS) is 12.4. The fourth-order valence-electron chi connectivity index (χ4n) is 0.726. The summed E-state index contributed by atoms with van der Waals surface area (Å²) in [5.74, 6) is -0.118. The van der Waals surface area contributed by atoms with Crippen LogP contribution in [0.2, 0.25) is 0 Å². The highest BCUT2D eigenvalue weighted by Crippen LogP contribution is 2.08. The van der Waals surface area contributed by atoms with Crippen molar-refractivity contribution in [3.63, 3.8) is 0 Å². The maximum atomic E-state index is 11.3. The second-order valence-corrected chi connectivity index (χ2v) is 2.97. The van der Waals surface area contributed by atoms with E-state index in [-0.39, 0.29) is 18.9 Å². The highest BCUT2D eigenvalue weighted by Gasteiger charge is 2.09. The molecule has 13 heavy (non-hydrogen) atoms. The Balaban J connectivity index is 4.21. The molecule has 0 rings (SSSR count). The molecule has 4 heteroatoms. The molecular formula is C9H17NO3. The third kappa shape index (κ3) is 4.05. The minimum absolute atomic E-state index is 0.00416. The molecule has 0 radical (unpaired) electrons. The summed E-state index contributed by atoms with van der Waals surface area (Å²) < 4.78 is 0. The SMILES string of the molecule is CON(C)C(=O)C/C(C)=C(/C)CO. The molecule has 0 fully saturated rings. The van der Waals surface area contributed by atoms with Gasteiger partial charge in [-0.05, 0) is 19.4 Å². The number of hydrogen-bond acceptors (Lipinski definition) is 3. The van der Waals surface area contributed by atoms with Crippen LogP contribution in [0.15, 0.2) is 11.1 Å². The molecule has 0 aliphatic rings. The summed E-state index contributed by atoms with van der Waals surface area (Å²) in [4.78, 5) is 16.0. The Morgan fingerprint density at radius 2 is 1.92 bits per heavy atom. The van der Waals surface area contributed by atoms with Gasteiger partial charge in [0.1, 0.15) is 0 Å². The third-order valence-corrected chi connectivity index (χ3v) is 2.01. The van der Waals surface area contributed by atoms with Crippen LogP contribution in [-0.4, -0.2) is 36.8 Å². The van der Waals surface area contributed by atoms with E-state index in [2.05, 4.69) is 0 Å². The smallest absolute Gasteiger partial charge is 0.249 e. The van der Waals surface area contributed by atoms with Crippen molar-refractivity contribution in [3.05, 3.63) is 11.1 Å². The molecule has 0 aliphatic heterocycles. The molecule has 0 saturated heterocycles. The molecule has 0 heterocycles. The molecule has 1 amide bonds. The van der Waals surface area contributed by atoms with Crippen molar-refractivity contribution in [1.82, 2.24) is 5.06 Å². The van der Waals surface area contributed by atoms with Gasteiger partial charge in [0.05, 0.1) is 20.1 Å². The van der Waals surface area contributed by atoms with E-state index in [0.717, 1.165) is 11.1 Å². The Hall–Kier alpha value is -0.870. The first-order valence-corrected chi connectivity index (χ1v) is 4.09. The van der Waals surface area contributed by atoms with Gasteiger partial charge in [0, 0.05) is 7.05 Å². The maximum Gasteiger partial charge on any atom is 0.249 e. The Morgan fingerprint density at radius 1 is 1.38 bits per heavy atom. The van der Waals surface area contributed by atoms with Crippen molar-refractivity contribution in [2.45, 2.75) is 20.3 Å². The molecule has 1 N–H and O–H groups in total. The number of rotatable bonds is 4. The van der Waals surface area contributed by atoms with Gasteiger partial charge in [0.25, 0.3) is 0 Å². The minimum Gasteiger partial charge on any atom is -0.392 e. The van der Waals surface area contributed by atoms with Crippen LogP contribution in [0.25, 0.3) is 0 Å².